The van der Waals surface area contributed by atoms with Crippen molar-refractivity contribution in [2.24, 2.45) is 0 Å². The summed E-state index contributed by atoms with van der Waals surface area (Å²) in [5.74, 6) is -1.16. The monoisotopic (exact) mass is 483 g/mol. The minimum atomic E-state index is -4.60. The first-order valence-corrected chi connectivity index (χ1v) is 11.1. The number of fused-ring (bicyclic) bond motifs is 1. The van der Waals surface area contributed by atoms with E-state index in [0.29, 0.717) is 30.9 Å². The van der Waals surface area contributed by atoms with Gasteiger partial charge in [-0.25, -0.2) is 4.39 Å². The Morgan fingerprint density at radius 2 is 1.49 bits per heavy atom. The largest absolute Gasteiger partial charge is 0.417 e. The molecule has 0 saturated carbocycles. The number of nitrogens with zero attached hydrogens (tertiary/aromatic N) is 3. The van der Waals surface area contributed by atoms with Crippen LogP contribution < -0.4 is 9.80 Å². The fraction of sp³-hybridized carbons (Fsp3) is 0.231. The van der Waals surface area contributed by atoms with Gasteiger partial charge in [-0.15, -0.1) is 0 Å². The molecule has 0 aliphatic carbocycles. The summed E-state index contributed by atoms with van der Waals surface area (Å²) in [6.07, 6.45) is -4.60. The molecule has 0 bridgehead atoms. The Kier molecular flexibility index (Phi) is 5.70. The highest BCUT2D eigenvalue weighted by molar-refractivity contribution is 6.10. The summed E-state index contributed by atoms with van der Waals surface area (Å²) in [5.41, 5.74) is 1.64. The molecule has 0 radical (unpaired) electrons. The number of piperazine rings is 1. The highest BCUT2D eigenvalue weighted by Gasteiger charge is 2.36. The lowest BCUT2D eigenvalue weighted by Gasteiger charge is -2.36. The van der Waals surface area contributed by atoms with Gasteiger partial charge in [0.05, 0.1) is 17.7 Å². The molecular formula is C26H21F4N3O2. The standard InChI is InChI=1S/C26H21F4N3O2/c27-18-5-7-19(8-6-18)33-16-17-15-20(9-10-21(17)25(33)35)31-11-13-32(14-12-31)24(34)22-3-1-2-4-23(22)26(28,29)30/h1-10,15H,11-14,16H2. The number of hydrogen-bond acceptors (Lipinski definition) is 3. The number of carbonyl (C=O) groups excluding carboxylic acids is 2. The van der Waals surface area contributed by atoms with Gasteiger partial charge < -0.3 is 14.7 Å². The number of benzene rings is 3. The zero-order chi connectivity index (χ0) is 24.7. The van der Waals surface area contributed by atoms with Crippen molar-refractivity contribution in [1.82, 2.24) is 4.90 Å². The van der Waals surface area contributed by atoms with Crippen molar-refractivity contribution >= 4 is 23.2 Å². The van der Waals surface area contributed by atoms with Crippen molar-refractivity contribution in [3.63, 3.8) is 0 Å². The SMILES string of the molecule is O=C(c1ccccc1C(F)(F)F)N1CCN(c2ccc3c(c2)CN(c2ccc(F)cc2)C3=O)CC1. The van der Waals surface area contributed by atoms with E-state index in [9.17, 15) is 27.2 Å². The summed E-state index contributed by atoms with van der Waals surface area (Å²) < 4.78 is 53.2. The maximum absolute atomic E-state index is 13.3. The van der Waals surface area contributed by atoms with Gasteiger partial charge in [0.25, 0.3) is 11.8 Å². The maximum Gasteiger partial charge on any atom is 0.417 e. The van der Waals surface area contributed by atoms with E-state index >= 15 is 0 Å². The molecule has 0 aromatic heterocycles. The van der Waals surface area contributed by atoms with Crippen LogP contribution in [-0.2, 0) is 12.7 Å². The first kappa shape index (κ1) is 22.9. The number of carbonyl (C=O) groups is 2. The summed E-state index contributed by atoms with van der Waals surface area (Å²) in [6, 6.07) is 16.1. The van der Waals surface area contributed by atoms with E-state index in [4.69, 9.17) is 0 Å². The molecule has 35 heavy (non-hydrogen) atoms. The lowest BCUT2D eigenvalue weighted by molar-refractivity contribution is -0.138. The number of hydrogen-bond donors (Lipinski definition) is 0. The van der Waals surface area contributed by atoms with E-state index < -0.39 is 17.6 Å². The molecule has 1 saturated heterocycles. The highest BCUT2D eigenvalue weighted by atomic mass is 19.4. The lowest BCUT2D eigenvalue weighted by Crippen LogP contribution is -2.49. The predicted molar refractivity (Wildman–Crippen MR) is 123 cm³/mol. The van der Waals surface area contributed by atoms with Crippen LogP contribution in [0.5, 0.6) is 0 Å². The smallest absolute Gasteiger partial charge is 0.368 e. The van der Waals surface area contributed by atoms with Gasteiger partial charge in [-0.3, -0.25) is 9.59 Å². The lowest BCUT2D eigenvalue weighted by atomic mass is 10.1. The van der Waals surface area contributed by atoms with Crippen LogP contribution in [0.3, 0.4) is 0 Å². The third-order valence-electron chi connectivity index (χ3n) is 6.43. The van der Waals surface area contributed by atoms with Crippen LogP contribution in [0.4, 0.5) is 28.9 Å². The molecular weight excluding hydrogens is 462 g/mol. The summed E-state index contributed by atoms with van der Waals surface area (Å²) >= 11 is 0. The van der Waals surface area contributed by atoms with Gasteiger partial charge in [0.1, 0.15) is 5.82 Å². The molecule has 3 aromatic rings. The van der Waals surface area contributed by atoms with E-state index in [1.54, 1.807) is 23.1 Å². The highest BCUT2D eigenvalue weighted by Crippen LogP contribution is 2.34. The third kappa shape index (κ3) is 4.34. The minimum absolute atomic E-state index is 0.156. The first-order valence-electron chi connectivity index (χ1n) is 11.1. The zero-order valence-corrected chi connectivity index (χ0v) is 18.6. The molecule has 2 aliphatic rings. The molecule has 5 rings (SSSR count). The van der Waals surface area contributed by atoms with Gasteiger partial charge in [0.15, 0.2) is 0 Å². The molecule has 180 valence electrons. The Hall–Kier alpha value is -3.88. The third-order valence-corrected chi connectivity index (χ3v) is 6.43. The Bertz CT molecular complexity index is 1280. The van der Waals surface area contributed by atoms with E-state index in [1.165, 1.54) is 35.2 Å². The van der Waals surface area contributed by atoms with E-state index in [1.807, 2.05) is 17.0 Å². The van der Waals surface area contributed by atoms with E-state index in [2.05, 4.69) is 0 Å². The molecule has 0 spiro atoms. The molecule has 2 aliphatic heterocycles. The average molecular weight is 483 g/mol. The molecule has 3 aromatic carbocycles. The molecule has 2 amide bonds. The molecule has 5 nitrogen and oxygen atoms in total. The van der Waals surface area contributed by atoms with Gasteiger partial charge in [0.2, 0.25) is 0 Å². The van der Waals surface area contributed by atoms with Gasteiger partial charge in [-0.2, -0.15) is 13.2 Å². The van der Waals surface area contributed by atoms with Crippen LogP contribution in [0.2, 0.25) is 0 Å². The van der Waals surface area contributed by atoms with Crippen LogP contribution in [0, 0.1) is 5.82 Å². The number of alkyl halides is 3. The van der Waals surface area contributed by atoms with Crippen molar-refractivity contribution < 1.29 is 27.2 Å². The summed E-state index contributed by atoms with van der Waals surface area (Å²) in [7, 11) is 0. The fourth-order valence-corrected chi connectivity index (χ4v) is 4.59. The molecule has 9 heteroatoms. The quantitative estimate of drug-likeness (QED) is 0.495. The van der Waals surface area contributed by atoms with Crippen molar-refractivity contribution in [2.45, 2.75) is 12.7 Å². The van der Waals surface area contributed by atoms with Crippen LogP contribution in [0.25, 0.3) is 0 Å². The maximum atomic E-state index is 13.3. The minimum Gasteiger partial charge on any atom is -0.368 e. The Morgan fingerprint density at radius 1 is 0.829 bits per heavy atom. The van der Waals surface area contributed by atoms with Crippen LogP contribution >= 0.6 is 0 Å². The number of anilines is 2. The Balaban J connectivity index is 1.28. The Labute approximate surface area is 199 Å². The average Bonchev–Trinajstić information content (AvgIpc) is 3.19. The van der Waals surface area contributed by atoms with Crippen molar-refractivity contribution in [3.05, 3.63) is 94.8 Å². The summed E-state index contributed by atoms with van der Waals surface area (Å²) in [5, 5.41) is 0. The first-order chi connectivity index (χ1) is 16.7. The van der Waals surface area contributed by atoms with Crippen molar-refractivity contribution in [1.29, 1.82) is 0 Å². The summed E-state index contributed by atoms with van der Waals surface area (Å²) in [6.45, 7) is 1.83. The van der Waals surface area contributed by atoms with Gasteiger partial charge >= 0.3 is 6.18 Å². The molecule has 0 unspecified atom stereocenters. The number of halogens is 4. The molecule has 1 fully saturated rings. The second kappa shape index (κ2) is 8.72. The van der Waals surface area contributed by atoms with Crippen LogP contribution in [0.15, 0.2) is 66.7 Å². The summed E-state index contributed by atoms with van der Waals surface area (Å²) in [4.78, 5) is 30.7. The van der Waals surface area contributed by atoms with E-state index in [0.717, 1.165) is 17.3 Å². The topological polar surface area (TPSA) is 43.9 Å². The number of amides is 2. The molecule has 2 heterocycles. The van der Waals surface area contributed by atoms with Crippen LogP contribution in [0.1, 0.15) is 31.8 Å². The van der Waals surface area contributed by atoms with Crippen molar-refractivity contribution in [3.8, 4) is 0 Å². The predicted octanol–water partition coefficient (Wildman–Crippen LogP) is 4.97. The normalized spacial score (nSPS) is 16.0. The van der Waals surface area contributed by atoms with E-state index in [-0.39, 0.29) is 30.4 Å². The van der Waals surface area contributed by atoms with Gasteiger partial charge in [0, 0.05) is 43.1 Å². The van der Waals surface area contributed by atoms with Crippen LogP contribution in [-0.4, -0.2) is 42.9 Å². The molecule has 0 N–H and O–H groups in total. The fourth-order valence-electron chi connectivity index (χ4n) is 4.59. The number of rotatable bonds is 3. The second-order valence-electron chi connectivity index (χ2n) is 8.53. The zero-order valence-electron chi connectivity index (χ0n) is 18.6. The second-order valence-corrected chi connectivity index (χ2v) is 8.53. The Morgan fingerprint density at radius 3 is 2.17 bits per heavy atom. The van der Waals surface area contributed by atoms with Gasteiger partial charge in [-0.1, -0.05) is 12.1 Å². The van der Waals surface area contributed by atoms with Gasteiger partial charge in [-0.05, 0) is 60.2 Å². The van der Waals surface area contributed by atoms with Crippen molar-refractivity contribution in [2.75, 3.05) is 36.0 Å². The molecule has 0 atom stereocenters.